The fourth-order valence-electron chi connectivity index (χ4n) is 4.18. The van der Waals surface area contributed by atoms with E-state index in [1.807, 2.05) is 56.5 Å². The normalized spacial score (nSPS) is 12.9. The molecule has 7 nitrogen and oxygen atoms in total. The summed E-state index contributed by atoms with van der Waals surface area (Å²) in [5.74, 6) is 0. The molecule has 0 aliphatic carbocycles. The first-order chi connectivity index (χ1) is 15.5. The van der Waals surface area contributed by atoms with E-state index in [1.165, 1.54) is 23.5 Å². The molecule has 2 aromatic carbocycles. The molecule has 0 unspecified atom stereocenters. The highest BCUT2D eigenvalue weighted by Crippen LogP contribution is 2.24. The van der Waals surface area contributed by atoms with Gasteiger partial charge in [0.25, 0.3) is 5.56 Å². The van der Waals surface area contributed by atoms with E-state index in [0.29, 0.717) is 9.49 Å². The van der Waals surface area contributed by atoms with E-state index in [2.05, 4.69) is 4.98 Å². The number of hydrogen-bond donors (Lipinski definition) is 1. The zero-order chi connectivity index (χ0) is 23.7. The van der Waals surface area contributed by atoms with Crippen LogP contribution in [0.15, 0.2) is 52.2 Å². The zero-order valence-corrected chi connectivity index (χ0v) is 20.2. The monoisotopic (exact) mass is 478 g/mol. The van der Waals surface area contributed by atoms with E-state index < -0.39 is 10.0 Å². The Hall–Kier alpha value is -3.27. The number of nitrogens with two attached hydrogens (primary N) is 1. The van der Waals surface area contributed by atoms with Gasteiger partial charge in [0.05, 0.1) is 20.5 Å². The molecule has 2 N–H and O–H groups in total. The molecule has 9 heteroatoms. The Bertz CT molecular complexity index is 1790. The molecule has 0 bridgehead atoms. The Morgan fingerprint density at radius 1 is 1.00 bits per heavy atom. The van der Waals surface area contributed by atoms with Crippen molar-refractivity contribution in [2.45, 2.75) is 32.6 Å². The number of aromatic nitrogens is 3. The summed E-state index contributed by atoms with van der Waals surface area (Å²) in [6.07, 6.45) is 1.89. The Morgan fingerprint density at radius 3 is 2.33 bits per heavy atom. The van der Waals surface area contributed by atoms with Crippen LogP contribution >= 0.6 is 11.3 Å². The third-order valence-corrected chi connectivity index (χ3v) is 7.93. The fourth-order valence-corrected chi connectivity index (χ4v) is 5.67. The molecule has 5 aromatic rings. The third kappa shape index (κ3) is 3.49. The minimum Gasteiger partial charge on any atom is -0.318 e. The second kappa shape index (κ2) is 7.38. The Kier molecular flexibility index (Phi) is 4.82. The number of sulfonamides is 1. The second-order valence-electron chi connectivity index (χ2n) is 8.27. The lowest BCUT2D eigenvalue weighted by Gasteiger charge is -2.10. The van der Waals surface area contributed by atoms with E-state index in [4.69, 9.17) is 5.14 Å². The smallest absolute Gasteiger partial charge is 0.274 e. The van der Waals surface area contributed by atoms with Crippen LogP contribution in [0.2, 0.25) is 0 Å². The average Bonchev–Trinajstić information content (AvgIpc) is 3.33. The lowest BCUT2D eigenvalue weighted by atomic mass is 10.1. The van der Waals surface area contributed by atoms with Crippen molar-refractivity contribution in [3.63, 3.8) is 0 Å². The maximum atomic E-state index is 13.2. The fraction of sp³-hybridized carbons (Fsp3) is 0.167. The van der Waals surface area contributed by atoms with Crippen LogP contribution in [0.25, 0.3) is 27.8 Å². The maximum absolute atomic E-state index is 13.2. The van der Waals surface area contributed by atoms with Crippen LogP contribution in [0.3, 0.4) is 0 Å². The van der Waals surface area contributed by atoms with E-state index >= 15 is 0 Å². The Labute approximate surface area is 194 Å². The minimum atomic E-state index is -3.75. The number of nitrogens with zero attached hydrogens (tertiary/aromatic N) is 3. The van der Waals surface area contributed by atoms with Gasteiger partial charge in [-0.3, -0.25) is 4.79 Å². The minimum absolute atomic E-state index is 0.0658. The predicted molar refractivity (Wildman–Crippen MR) is 132 cm³/mol. The van der Waals surface area contributed by atoms with Crippen molar-refractivity contribution in [1.82, 2.24) is 14.0 Å². The largest absolute Gasteiger partial charge is 0.318 e. The number of fused-ring (bicyclic) bond motifs is 3. The second-order valence-corrected chi connectivity index (χ2v) is 10.8. The van der Waals surface area contributed by atoms with E-state index in [9.17, 15) is 13.2 Å². The molecular formula is C24H22N4O3S2. The standard InChI is InChI=1S/C24H22N4O3S2/c1-13-9-20-21(10-14(13)2)28-23(29)22(32-24(28)26-20)12-17-11-15(3)27(16(17)4)18-5-7-19(8-6-18)33(25,30)31/h5-12H,1-4H3,(H2,25,30,31)/b22-12-. The molecule has 0 atom stereocenters. The van der Waals surface area contributed by atoms with Gasteiger partial charge < -0.3 is 4.57 Å². The van der Waals surface area contributed by atoms with Crippen molar-refractivity contribution in [1.29, 1.82) is 0 Å². The number of rotatable bonds is 3. The summed E-state index contributed by atoms with van der Waals surface area (Å²) in [7, 11) is -3.75. The van der Waals surface area contributed by atoms with Gasteiger partial charge >= 0.3 is 0 Å². The Balaban J connectivity index is 1.64. The average molecular weight is 479 g/mol. The summed E-state index contributed by atoms with van der Waals surface area (Å²) in [5.41, 5.74) is 7.49. The molecule has 3 aromatic heterocycles. The molecule has 168 valence electrons. The van der Waals surface area contributed by atoms with Crippen LogP contribution in [0.5, 0.6) is 0 Å². The van der Waals surface area contributed by atoms with Gasteiger partial charge in [-0.25, -0.2) is 22.9 Å². The summed E-state index contributed by atoms with van der Waals surface area (Å²) in [5, 5.41) is 5.21. The van der Waals surface area contributed by atoms with Gasteiger partial charge in [-0.2, -0.15) is 0 Å². The number of thiazole rings is 1. The summed E-state index contributed by atoms with van der Waals surface area (Å²) >= 11 is 1.37. The number of imidazole rings is 1. The van der Waals surface area contributed by atoms with Gasteiger partial charge in [0.15, 0.2) is 4.96 Å². The van der Waals surface area contributed by atoms with E-state index in [0.717, 1.165) is 44.8 Å². The summed E-state index contributed by atoms with van der Waals surface area (Å²) < 4.78 is 27.4. The molecule has 0 spiro atoms. The first-order valence-corrected chi connectivity index (χ1v) is 12.7. The predicted octanol–water partition coefficient (Wildman–Crippen LogP) is 3.13. The number of benzene rings is 2. The number of hydrogen-bond acceptors (Lipinski definition) is 5. The third-order valence-electron chi connectivity index (χ3n) is 6.03. The van der Waals surface area contributed by atoms with Gasteiger partial charge in [0.2, 0.25) is 10.0 Å². The van der Waals surface area contributed by atoms with Crippen molar-refractivity contribution in [3.8, 4) is 5.69 Å². The van der Waals surface area contributed by atoms with Crippen LogP contribution in [-0.4, -0.2) is 22.4 Å². The quantitative estimate of drug-likeness (QED) is 0.431. The molecular weight excluding hydrogens is 456 g/mol. The van der Waals surface area contributed by atoms with Crippen molar-refractivity contribution >= 4 is 43.4 Å². The maximum Gasteiger partial charge on any atom is 0.274 e. The highest BCUT2D eigenvalue weighted by molar-refractivity contribution is 7.89. The lowest BCUT2D eigenvalue weighted by Crippen LogP contribution is -2.22. The van der Waals surface area contributed by atoms with E-state index in [-0.39, 0.29) is 10.5 Å². The zero-order valence-electron chi connectivity index (χ0n) is 18.6. The molecule has 0 saturated carbocycles. The summed E-state index contributed by atoms with van der Waals surface area (Å²) in [4.78, 5) is 18.6. The topological polar surface area (TPSA) is 99.5 Å². The van der Waals surface area contributed by atoms with Crippen LogP contribution in [0, 0.1) is 27.7 Å². The van der Waals surface area contributed by atoms with Crippen LogP contribution in [0.1, 0.15) is 28.1 Å². The molecule has 5 rings (SSSR count). The first-order valence-electron chi connectivity index (χ1n) is 10.3. The number of primary sulfonamides is 1. The molecule has 0 aliphatic rings. The van der Waals surface area contributed by atoms with Crippen LogP contribution in [-0.2, 0) is 10.0 Å². The molecule has 0 saturated heterocycles. The van der Waals surface area contributed by atoms with Crippen LogP contribution < -0.4 is 15.2 Å². The summed E-state index contributed by atoms with van der Waals surface area (Å²) in [6, 6.07) is 12.5. The van der Waals surface area contributed by atoms with Gasteiger partial charge in [-0.1, -0.05) is 11.3 Å². The van der Waals surface area contributed by atoms with E-state index in [1.54, 1.807) is 16.5 Å². The molecule has 0 amide bonds. The van der Waals surface area contributed by atoms with Crippen LogP contribution in [0.4, 0.5) is 0 Å². The van der Waals surface area contributed by atoms with Gasteiger partial charge in [-0.15, -0.1) is 0 Å². The lowest BCUT2D eigenvalue weighted by molar-refractivity contribution is 0.598. The molecule has 33 heavy (non-hydrogen) atoms. The SMILES string of the molecule is Cc1cc2nc3s/c(=C\c4cc(C)n(-c5ccc(S(N)(=O)=O)cc5)c4C)c(=O)n3c2cc1C. The van der Waals surface area contributed by atoms with Gasteiger partial charge in [-0.05, 0) is 92.9 Å². The van der Waals surface area contributed by atoms with Crippen molar-refractivity contribution < 1.29 is 8.42 Å². The van der Waals surface area contributed by atoms with Crippen molar-refractivity contribution in [2.24, 2.45) is 5.14 Å². The summed E-state index contributed by atoms with van der Waals surface area (Å²) in [6.45, 7) is 8.01. The van der Waals surface area contributed by atoms with Gasteiger partial charge in [0.1, 0.15) is 0 Å². The highest BCUT2D eigenvalue weighted by Gasteiger charge is 2.15. The first kappa shape index (κ1) is 21.6. The van der Waals surface area contributed by atoms with Crippen molar-refractivity contribution in [3.05, 3.63) is 85.4 Å². The number of aryl methyl sites for hydroxylation is 3. The molecule has 0 fully saturated rings. The molecule has 0 radical (unpaired) electrons. The molecule has 3 heterocycles. The molecule has 0 aliphatic heterocycles. The highest BCUT2D eigenvalue weighted by atomic mass is 32.2. The Morgan fingerprint density at radius 2 is 1.67 bits per heavy atom. The van der Waals surface area contributed by atoms with Gasteiger partial charge in [0, 0.05) is 17.1 Å². The van der Waals surface area contributed by atoms with Crippen molar-refractivity contribution in [2.75, 3.05) is 0 Å².